The summed E-state index contributed by atoms with van der Waals surface area (Å²) in [5.41, 5.74) is 7.57. The maximum absolute atomic E-state index is 10.9. The standard InChI is InChI=1S/C12H15BrN2O3/c1-8(16)18-12(15-17-2)6-9-3-4-11(13)5-10(9)7-14/h3-5H,6-7,14H2,1-2H3. The van der Waals surface area contributed by atoms with Crippen molar-refractivity contribution in [3.63, 3.8) is 0 Å². The maximum Gasteiger partial charge on any atom is 0.309 e. The van der Waals surface area contributed by atoms with E-state index < -0.39 is 5.97 Å². The molecule has 0 saturated carbocycles. The summed E-state index contributed by atoms with van der Waals surface area (Å²) in [6.07, 6.45) is 0.354. The molecule has 0 fully saturated rings. The third-order valence-corrected chi connectivity index (χ3v) is 2.68. The van der Waals surface area contributed by atoms with Gasteiger partial charge in [-0.3, -0.25) is 4.79 Å². The van der Waals surface area contributed by atoms with Gasteiger partial charge in [-0.2, -0.15) is 0 Å². The number of rotatable bonds is 4. The highest BCUT2D eigenvalue weighted by atomic mass is 79.9. The van der Waals surface area contributed by atoms with Crippen LogP contribution in [0.4, 0.5) is 0 Å². The van der Waals surface area contributed by atoms with Crippen LogP contribution in [0, 0.1) is 0 Å². The van der Waals surface area contributed by atoms with E-state index in [9.17, 15) is 4.79 Å². The van der Waals surface area contributed by atoms with Gasteiger partial charge in [-0.15, -0.1) is 0 Å². The van der Waals surface area contributed by atoms with Crippen molar-refractivity contribution in [2.24, 2.45) is 10.9 Å². The first-order chi connectivity index (χ1) is 8.56. The van der Waals surface area contributed by atoms with Gasteiger partial charge in [-0.05, 0) is 23.3 Å². The predicted molar refractivity (Wildman–Crippen MR) is 71.9 cm³/mol. The number of carbonyl (C=O) groups excluding carboxylic acids is 1. The number of ether oxygens (including phenoxy) is 1. The van der Waals surface area contributed by atoms with Crippen molar-refractivity contribution in [3.8, 4) is 0 Å². The summed E-state index contributed by atoms with van der Waals surface area (Å²) in [5, 5.41) is 3.68. The minimum Gasteiger partial charge on any atom is -0.408 e. The van der Waals surface area contributed by atoms with E-state index in [-0.39, 0.29) is 5.90 Å². The van der Waals surface area contributed by atoms with Crippen LogP contribution in [-0.4, -0.2) is 19.0 Å². The number of benzene rings is 1. The Labute approximate surface area is 114 Å². The molecule has 0 aliphatic rings. The predicted octanol–water partition coefficient (Wildman–Crippen LogP) is 1.97. The molecule has 0 unspecified atom stereocenters. The summed E-state index contributed by atoms with van der Waals surface area (Å²) in [6, 6.07) is 5.72. The van der Waals surface area contributed by atoms with Crippen LogP contribution in [0.25, 0.3) is 0 Å². The first kappa shape index (κ1) is 14.7. The van der Waals surface area contributed by atoms with Crippen LogP contribution in [0.1, 0.15) is 18.1 Å². The highest BCUT2D eigenvalue weighted by molar-refractivity contribution is 9.10. The van der Waals surface area contributed by atoms with E-state index in [1.165, 1.54) is 14.0 Å². The summed E-state index contributed by atoms with van der Waals surface area (Å²) < 4.78 is 5.91. The van der Waals surface area contributed by atoms with Gasteiger partial charge in [0.25, 0.3) is 0 Å². The third-order valence-electron chi connectivity index (χ3n) is 2.18. The third kappa shape index (κ3) is 4.46. The quantitative estimate of drug-likeness (QED) is 0.399. The van der Waals surface area contributed by atoms with Gasteiger partial charge >= 0.3 is 5.97 Å². The number of halogens is 1. The first-order valence-corrected chi connectivity index (χ1v) is 6.12. The average molecular weight is 315 g/mol. The molecular weight excluding hydrogens is 300 g/mol. The Morgan fingerprint density at radius 1 is 1.44 bits per heavy atom. The second-order valence-corrected chi connectivity index (χ2v) is 4.47. The van der Waals surface area contributed by atoms with Gasteiger partial charge < -0.3 is 15.3 Å². The Kier molecular flexibility index (Phi) is 5.80. The minimum absolute atomic E-state index is 0.210. The fourth-order valence-electron chi connectivity index (χ4n) is 1.47. The fraction of sp³-hybridized carbons (Fsp3) is 0.333. The van der Waals surface area contributed by atoms with Gasteiger partial charge in [-0.25, -0.2) is 0 Å². The summed E-state index contributed by atoms with van der Waals surface area (Å²) in [5.74, 6) is -0.223. The van der Waals surface area contributed by atoms with Crippen LogP contribution in [0.5, 0.6) is 0 Å². The van der Waals surface area contributed by atoms with Crippen LogP contribution < -0.4 is 5.73 Å². The van der Waals surface area contributed by atoms with E-state index in [2.05, 4.69) is 25.9 Å². The molecular formula is C12H15BrN2O3. The maximum atomic E-state index is 10.9. The van der Waals surface area contributed by atoms with Crippen LogP contribution in [0.15, 0.2) is 27.8 Å². The van der Waals surface area contributed by atoms with Gasteiger partial charge in [-0.1, -0.05) is 27.2 Å². The molecule has 98 valence electrons. The molecule has 0 atom stereocenters. The van der Waals surface area contributed by atoms with Crippen molar-refractivity contribution in [3.05, 3.63) is 33.8 Å². The summed E-state index contributed by atoms with van der Waals surface area (Å²) >= 11 is 3.38. The Hall–Kier alpha value is -1.40. The van der Waals surface area contributed by atoms with E-state index >= 15 is 0 Å². The number of esters is 1. The lowest BCUT2D eigenvalue weighted by Crippen LogP contribution is -2.14. The molecule has 5 nitrogen and oxygen atoms in total. The normalized spacial score (nSPS) is 11.2. The Balaban J connectivity index is 2.93. The molecule has 0 heterocycles. The number of nitrogens with zero attached hydrogens (tertiary/aromatic N) is 1. The fourth-order valence-corrected chi connectivity index (χ4v) is 1.88. The summed E-state index contributed by atoms with van der Waals surface area (Å²) in [7, 11) is 1.40. The van der Waals surface area contributed by atoms with Crippen LogP contribution >= 0.6 is 15.9 Å². The zero-order valence-corrected chi connectivity index (χ0v) is 11.9. The molecule has 0 saturated heterocycles. The first-order valence-electron chi connectivity index (χ1n) is 5.32. The summed E-state index contributed by atoms with van der Waals surface area (Å²) in [6.45, 7) is 1.71. The van der Waals surface area contributed by atoms with E-state index in [0.717, 1.165) is 15.6 Å². The van der Waals surface area contributed by atoms with Gasteiger partial charge in [0.1, 0.15) is 7.11 Å². The molecule has 18 heavy (non-hydrogen) atoms. The molecule has 1 aromatic carbocycles. The van der Waals surface area contributed by atoms with Crippen molar-refractivity contribution >= 4 is 27.8 Å². The van der Waals surface area contributed by atoms with Crippen LogP contribution in [0.2, 0.25) is 0 Å². The number of nitrogens with two attached hydrogens (primary N) is 1. The van der Waals surface area contributed by atoms with Crippen molar-refractivity contribution in [2.45, 2.75) is 19.9 Å². The van der Waals surface area contributed by atoms with Crippen LogP contribution in [0.3, 0.4) is 0 Å². The van der Waals surface area contributed by atoms with E-state index in [4.69, 9.17) is 10.5 Å². The van der Waals surface area contributed by atoms with E-state index in [1.807, 2.05) is 18.2 Å². The Morgan fingerprint density at radius 3 is 2.72 bits per heavy atom. The lowest BCUT2D eigenvalue weighted by atomic mass is 10.0. The van der Waals surface area contributed by atoms with E-state index in [1.54, 1.807) is 0 Å². The highest BCUT2D eigenvalue weighted by Crippen LogP contribution is 2.17. The van der Waals surface area contributed by atoms with Gasteiger partial charge in [0, 0.05) is 17.9 Å². The molecule has 1 rings (SSSR count). The molecule has 0 bridgehead atoms. The lowest BCUT2D eigenvalue weighted by Gasteiger charge is -2.09. The number of hydrogen-bond donors (Lipinski definition) is 1. The molecule has 1 aromatic rings. The van der Waals surface area contributed by atoms with Crippen molar-refractivity contribution < 1.29 is 14.4 Å². The lowest BCUT2D eigenvalue weighted by molar-refractivity contribution is -0.133. The Morgan fingerprint density at radius 2 is 2.17 bits per heavy atom. The van der Waals surface area contributed by atoms with Gasteiger partial charge in [0.2, 0.25) is 5.90 Å². The molecule has 0 radical (unpaired) electrons. The average Bonchev–Trinajstić information content (AvgIpc) is 2.31. The number of hydrogen-bond acceptors (Lipinski definition) is 5. The zero-order chi connectivity index (χ0) is 13.5. The van der Waals surface area contributed by atoms with Crippen molar-refractivity contribution in [1.29, 1.82) is 0 Å². The molecule has 0 aliphatic heterocycles. The number of oxime groups is 1. The molecule has 0 aromatic heterocycles. The Bertz CT molecular complexity index is 461. The zero-order valence-electron chi connectivity index (χ0n) is 10.3. The highest BCUT2D eigenvalue weighted by Gasteiger charge is 2.10. The monoisotopic (exact) mass is 314 g/mol. The van der Waals surface area contributed by atoms with Crippen molar-refractivity contribution in [1.82, 2.24) is 0 Å². The van der Waals surface area contributed by atoms with Gasteiger partial charge in [0.15, 0.2) is 0 Å². The number of carbonyl (C=O) groups is 1. The van der Waals surface area contributed by atoms with Gasteiger partial charge in [0.05, 0.1) is 6.42 Å². The SMILES string of the molecule is CON=C(Cc1ccc(Br)cc1CN)OC(C)=O. The molecule has 0 spiro atoms. The van der Waals surface area contributed by atoms with E-state index in [0.29, 0.717) is 13.0 Å². The largest absolute Gasteiger partial charge is 0.408 e. The van der Waals surface area contributed by atoms with Crippen LogP contribution in [-0.2, 0) is 27.3 Å². The second-order valence-electron chi connectivity index (χ2n) is 3.56. The second kappa shape index (κ2) is 7.13. The topological polar surface area (TPSA) is 73.9 Å². The minimum atomic E-state index is -0.433. The molecule has 0 amide bonds. The molecule has 6 heteroatoms. The summed E-state index contributed by atoms with van der Waals surface area (Å²) in [4.78, 5) is 15.6. The molecule has 0 aliphatic carbocycles. The smallest absolute Gasteiger partial charge is 0.309 e. The van der Waals surface area contributed by atoms with Crippen molar-refractivity contribution in [2.75, 3.05) is 7.11 Å². The molecule has 2 N–H and O–H groups in total.